The van der Waals surface area contributed by atoms with Gasteiger partial charge in [0.25, 0.3) is 5.69 Å². The number of nitro groups is 1. The summed E-state index contributed by atoms with van der Waals surface area (Å²) < 4.78 is 1.95. The molecule has 2 N–H and O–H groups in total. The molecule has 232 valence electrons. The third kappa shape index (κ3) is 7.42. The van der Waals surface area contributed by atoms with E-state index in [0.717, 1.165) is 36.2 Å². The first kappa shape index (κ1) is 30.7. The molecule has 0 saturated carbocycles. The van der Waals surface area contributed by atoms with Crippen LogP contribution in [0, 0.1) is 23.0 Å². The average molecular weight is 600 g/mol. The number of aryl methyl sites for hydroxylation is 1. The highest BCUT2D eigenvalue weighted by molar-refractivity contribution is 5.89. The first-order valence-corrected chi connectivity index (χ1v) is 15.4. The molecule has 0 radical (unpaired) electrons. The van der Waals surface area contributed by atoms with Crippen molar-refractivity contribution in [1.82, 2.24) is 24.4 Å². The molecule has 0 aliphatic carbocycles. The number of benzene rings is 2. The second-order valence-corrected chi connectivity index (χ2v) is 11.4. The molecule has 3 heterocycles. The fourth-order valence-corrected chi connectivity index (χ4v) is 5.37. The van der Waals surface area contributed by atoms with Gasteiger partial charge in [-0.1, -0.05) is 62.9 Å². The largest absolute Gasteiger partial charge is 0.368 e. The van der Waals surface area contributed by atoms with E-state index >= 15 is 0 Å². The number of unbranched alkanes of at least 4 members (excludes halogenated alkanes) is 1. The van der Waals surface area contributed by atoms with E-state index in [1.807, 2.05) is 40.7 Å². The summed E-state index contributed by atoms with van der Waals surface area (Å²) in [5, 5.41) is 17.7. The molecule has 1 unspecified atom stereocenters. The van der Waals surface area contributed by atoms with Crippen molar-refractivity contribution < 1.29 is 9.72 Å². The number of hydrogen-bond acceptors (Lipinski definition) is 8. The normalized spacial score (nSPS) is 14.1. The zero-order valence-electron chi connectivity index (χ0n) is 25.7. The zero-order chi connectivity index (χ0) is 31.1. The van der Waals surface area contributed by atoms with Crippen LogP contribution in [0.3, 0.4) is 0 Å². The fourth-order valence-electron chi connectivity index (χ4n) is 5.37. The van der Waals surface area contributed by atoms with E-state index in [1.54, 1.807) is 18.5 Å². The Hall–Kier alpha value is -4.74. The van der Waals surface area contributed by atoms with Gasteiger partial charge in [-0.25, -0.2) is 9.78 Å². The van der Waals surface area contributed by atoms with Crippen LogP contribution in [0.5, 0.6) is 0 Å². The molecule has 0 spiro atoms. The molecule has 5 rings (SSSR count). The van der Waals surface area contributed by atoms with Gasteiger partial charge < -0.3 is 25.0 Å². The van der Waals surface area contributed by atoms with E-state index in [0.29, 0.717) is 61.6 Å². The summed E-state index contributed by atoms with van der Waals surface area (Å²) in [6, 6.07) is 14.2. The SMILES string of the molecule is CCCCC(CC)CNc1nc(N2CCN(C(=O)Nc3ccc(C)cc3)CC2)nc2c1ncn2Cc1ccc([N+](=O)[O-])cc1. The number of piperazine rings is 1. The minimum absolute atomic E-state index is 0.0561. The predicted octanol–water partition coefficient (Wildman–Crippen LogP) is 6.07. The lowest BCUT2D eigenvalue weighted by atomic mass is 9.99. The monoisotopic (exact) mass is 599 g/mol. The van der Waals surface area contributed by atoms with Crippen LogP contribution < -0.4 is 15.5 Å². The second kappa shape index (κ2) is 14.2. The van der Waals surface area contributed by atoms with E-state index in [9.17, 15) is 14.9 Å². The number of hydrogen-bond donors (Lipinski definition) is 2. The first-order chi connectivity index (χ1) is 21.3. The van der Waals surface area contributed by atoms with Crippen LogP contribution in [0.1, 0.15) is 50.7 Å². The minimum atomic E-state index is -0.399. The van der Waals surface area contributed by atoms with Crippen LogP contribution in [0.25, 0.3) is 11.2 Å². The number of rotatable bonds is 12. The van der Waals surface area contributed by atoms with Crippen LogP contribution in [0.4, 0.5) is 27.9 Å². The Morgan fingerprint density at radius 2 is 1.75 bits per heavy atom. The summed E-state index contributed by atoms with van der Waals surface area (Å²) in [5.41, 5.74) is 4.26. The molecule has 2 amide bonds. The maximum Gasteiger partial charge on any atom is 0.321 e. The van der Waals surface area contributed by atoms with Gasteiger partial charge in [0.05, 0.1) is 17.8 Å². The summed E-state index contributed by atoms with van der Waals surface area (Å²) in [4.78, 5) is 42.1. The summed E-state index contributed by atoms with van der Waals surface area (Å²) in [6.45, 7) is 9.98. The highest BCUT2D eigenvalue weighted by Crippen LogP contribution is 2.26. The Kier molecular flexibility index (Phi) is 9.88. The van der Waals surface area contributed by atoms with Crippen molar-refractivity contribution in [2.24, 2.45) is 5.92 Å². The van der Waals surface area contributed by atoms with Crippen LogP contribution in [-0.4, -0.2) is 68.1 Å². The number of amides is 2. The van der Waals surface area contributed by atoms with Crippen molar-refractivity contribution in [1.29, 1.82) is 0 Å². The Balaban J connectivity index is 1.35. The Morgan fingerprint density at radius 1 is 1.02 bits per heavy atom. The molecule has 4 aromatic rings. The maximum absolute atomic E-state index is 12.9. The topological polar surface area (TPSA) is 134 Å². The smallest absolute Gasteiger partial charge is 0.321 e. The van der Waals surface area contributed by atoms with Gasteiger partial charge in [0.15, 0.2) is 17.0 Å². The first-order valence-electron chi connectivity index (χ1n) is 15.4. The van der Waals surface area contributed by atoms with Gasteiger partial charge in [-0.3, -0.25) is 10.1 Å². The molecular formula is C32H41N9O3. The third-order valence-electron chi connectivity index (χ3n) is 8.21. The van der Waals surface area contributed by atoms with E-state index in [-0.39, 0.29) is 11.7 Å². The highest BCUT2D eigenvalue weighted by atomic mass is 16.6. The van der Waals surface area contributed by atoms with Gasteiger partial charge in [-0.05, 0) is 37.0 Å². The van der Waals surface area contributed by atoms with Crippen molar-refractivity contribution >= 4 is 40.3 Å². The van der Waals surface area contributed by atoms with Crippen molar-refractivity contribution in [3.05, 3.63) is 76.1 Å². The number of nitrogens with one attached hydrogen (secondary N) is 2. The van der Waals surface area contributed by atoms with Gasteiger partial charge in [-0.2, -0.15) is 9.97 Å². The Labute approximate surface area is 257 Å². The van der Waals surface area contributed by atoms with Crippen LogP contribution >= 0.6 is 0 Å². The Bertz CT molecular complexity index is 1560. The molecule has 0 bridgehead atoms. The average Bonchev–Trinajstić information content (AvgIpc) is 3.45. The van der Waals surface area contributed by atoms with Gasteiger partial charge in [0.1, 0.15) is 0 Å². The summed E-state index contributed by atoms with van der Waals surface area (Å²) in [6.07, 6.45) is 6.34. The molecule has 1 atom stereocenters. The molecule has 2 aromatic heterocycles. The number of anilines is 3. The maximum atomic E-state index is 12.9. The third-order valence-corrected chi connectivity index (χ3v) is 8.21. The van der Waals surface area contributed by atoms with Crippen molar-refractivity contribution in [2.75, 3.05) is 48.3 Å². The Morgan fingerprint density at radius 3 is 2.41 bits per heavy atom. The zero-order valence-corrected chi connectivity index (χ0v) is 25.7. The van der Waals surface area contributed by atoms with Crippen LogP contribution in [0.15, 0.2) is 54.9 Å². The highest BCUT2D eigenvalue weighted by Gasteiger charge is 2.25. The quantitative estimate of drug-likeness (QED) is 0.148. The lowest BCUT2D eigenvalue weighted by molar-refractivity contribution is -0.384. The molecule has 44 heavy (non-hydrogen) atoms. The number of nitro benzene ring substituents is 1. The van der Waals surface area contributed by atoms with Gasteiger partial charge in [0.2, 0.25) is 5.95 Å². The minimum Gasteiger partial charge on any atom is -0.368 e. The fraction of sp³-hybridized carbons (Fsp3) is 0.438. The van der Waals surface area contributed by atoms with Gasteiger partial charge >= 0.3 is 6.03 Å². The number of aromatic nitrogens is 4. The number of carbonyl (C=O) groups excluding carboxylic acids is 1. The summed E-state index contributed by atoms with van der Waals surface area (Å²) in [7, 11) is 0. The summed E-state index contributed by atoms with van der Waals surface area (Å²) in [5.74, 6) is 1.81. The molecule has 12 nitrogen and oxygen atoms in total. The van der Waals surface area contributed by atoms with Crippen molar-refractivity contribution in [2.45, 2.75) is 53.0 Å². The number of carbonyl (C=O) groups is 1. The number of imidazole rings is 1. The number of urea groups is 1. The van der Waals surface area contributed by atoms with E-state index < -0.39 is 4.92 Å². The van der Waals surface area contributed by atoms with E-state index in [1.165, 1.54) is 25.0 Å². The van der Waals surface area contributed by atoms with Gasteiger partial charge in [-0.15, -0.1) is 0 Å². The molecule has 1 fully saturated rings. The van der Waals surface area contributed by atoms with E-state index in [4.69, 9.17) is 9.97 Å². The second-order valence-electron chi connectivity index (χ2n) is 11.4. The van der Waals surface area contributed by atoms with Crippen molar-refractivity contribution in [3.63, 3.8) is 0 Å². The van der Waals surface area contributed by atoms with Crippen molar-refractivity contribution in [3.8, 4) is 0 Å². The summed E-state index contributed by atoms with van der Waals surface area (Å²) >= 11 is 0. The molecular weight excluding hydrogens is 558 g/mol. The number of fused-ring (bicyclic) bond motifs is 1. The molecule has 1 saturated heterocycles. The molecule has 1 aliphatic rings. The number of non-ortho nitro benzene ring substituents is 1. The molecule has 12 heteroatoms. The number of nitrogens with zero attached hydrogens (tertiary/aromatic N) is 7. The van der Waals surface area contributed by atoms with Crippen LogP contribution in [-0.2, 0) is 6.54 Å². The molecule has 2 aromatic carbocycles. The van der Waals surface area contributed by atoms with E-state index in [2.05, 4.69) is 34.4 Å². The molecule has 1 aliphatic heterocycles. The lowest BCUT2D eigenvalue weighted by Gasteiger charge is -2.34. The lowest BCUT2D eigenvalue weighted by Crippen LogP contribution is -2.50. The standard InChI is InChI=1S/C32H41N9O3/c1-4-6-7-24(5-2)20-33-29-28-30(40(22-34-28)21-25-10-14-27(15-11-25)41(43)44)37-31(36-29)38-16-18-39(19-17-38)32(42)35-26-12-8-23(3)9-13-26/h8-15,22,24H,4-7,16-21H2,1-3H3,(H,35,42)(H,33,36,37). The predicted molar refractivity (Wildman–Crippen MR) is 173 cm³/mol. The van der Waals surface area contributed by atoms with Crippen LogP contribution in [0.2, 0.25) is 0 Å². The van der Waals surface area contributed by atoms with Gasteiger partial charge in [0, 0.05) is 50.5 Å².